The van der Waals surface area contributed by atoms with Gasteiger partial charge in [0.15, 0.2) is 0 Å². The highest BCUT2D eigenvalue weighted by atomic mass is 35.5. The Morgan fingerprint density at radius 1 is 0.962 bits per heavy atom. The summed E-state index contributed by atoms with van der Waals surface area (Å²) in [5.41, 5.74) is 4.59. The third kappa shape index (κ3) is 4.18. The molecule has 132 valence electrons. The number of nitrogens with zero attached hydrogens (tertiary/aromatic N) is 1. The summed E-state index contributed by atoms with van der Waals surface area (Å²) in [4.78, 5) is 16.5. The molecule has 0 radical (unpaired) electrons. The van der Waals surface area contributed by atoms with Crippen molar-refractivity contribution in [3.8, 4) is 0 Å². The quantitative estimate of drug-likeness (QED) is 0.639. The van der Waals surface area contributed by atoms with Gasteiger partial charge in [0.25, 0.3) is 5.91 Å². The lowest BCUT2D eigenvalue weighted by atomic mass is 10.1. The van der Waals surface area contributed by atoms with Crippen LogP contribution < -0.4 is 10.6 Å². The van der Waals surface area contributed by atoms with E-state index in [1.807, 2.05) is 32.0 Å². The Balaban J connectivity index is 1.76. The predicted octanol–water partition coefficient (Wildman–Crippen LogP) is 5.49. The number of pyridine rings is 1. The zero-order chi connectivity index (χ0) is 18.7. The number of carbonyl (C=O) groups excluding carboxylic acids is 1. The summed E-state index contributed by atoms with van der Waals surface area (Å²) in [5.74, 6) is -0.751. The molecule has 0 spiro atoms. The minimum Gasteiger partial charge on any atom is -0.354 e. The van der Waals surface area contributed by atoms with Crippen LogP contribution >= 0.6 is 11.6 Å². The van der Waals surface area contributed by atoms with Crippen LogP contribution in [0, 0.1) is 19.7 Å². The van der Waals surface area contributed by atoms with Gasteiger partial charge in [-0.3, -0.25) is 9.78 Å². The monoisotopic (exact) mass is 369 g/mol. The first-order valence-corrected chi connectivity index (χ1v) is 8.36. The normalized spacial score (nSPS) is 10.5. The molecule has 1 heterocycles. The van der Waals surface area contributed by atoms with Crippen molar-refractivity contribution in [2.45, 2.75) is 13.8 Å². The fourth-order valence-electron chi connectivity index (χ4n) is 2.40. The van der Waals surface area contributed by atoms with Crippen LogP contribution in [0.1, 0.15) is 21.5 Å². The Hall–Kier alpha value is -2.92. The van der Waals surface area contributed by atoms with Gasteiger partial charge in [-0.05, 0) is 61.4 Å². The second kappa shape index (κ2) is 7.54. The molecule has 0 saturated heterocycles. The van der Waals surface area contributed by atoms with Crippen LogP contribution in [-0.2, 0) is 0 Å². The standard InChI is InChI=1S/C20H17ClFN3O/c1-12-3-4-15(7-13(12)2)25-20(26)14-8-17(11-23-10-14)24-16-5-6-19(22)18(21)9-16/h3-11,24H,1-2H3,(H,25,26). The Bertz CT molecular complexity index is 975. The molecule has 3 aromatic rings. The van der Waals surface area contributed by atoms with Crippen LogP contribution in [0.5, 0.6) is 0 Å². The zero-order valence-electron chi connectivity index (χ0n) is 14.3. The molecule has 0 unspecified atom stereocenters. The Kier molecular flexibility index (Phi) is 5.19. The van der Waals surface area contributed by atoms with Crippen molar-refractivity contribution < 1.29 is 9.18 Å². The summed E-state index contributed by atoms with van der Waals surface area (Å²) in [5, 5.41) is 5.93. The summed E-state index contributed by atoms with van der Waals surface area (Å²) in [6.07, 6.45) is 3.06. The van der Waals surface area contributed by atoms with Gasteiger partial charge < -0.3 is 10.6 Å². The van der Waals surface area contributed by atoms with Crippen LogP contribution in [0.4, 0.5) is 21.5 Å². The van der Waals surface area contributed by atoms with E-state index < -0.39 is 5.82 Å². The van der Waals surface area contributed by atoms with Crippen LogP contribution in [0.3, 0.4) is 0 Å². The summed E-state index contributed by atoms with van der Waals surface area (Å²) < 4.78 is 13.2. The Labute approximate surface area is 156 Å². The second-order valence-electron chi connectivity index (χ2n) is 5.97. The number of nitrogens with one attached hydrogen (secondary N) is 2. The van der Waals surface area contributed by atoms with Gasteiger partial charge in [-0.1, -0.05) is 17.7 Å². The topological polar surface area (TPSA) is 54.0 Å². The molecule has 3 rings (SSSR count). The van der Waals surface area contributed by atoms with E-state index in [4.69, 9.17) is 11.6 Å². The highest BCUT2D eigenvalue weighted by Crippen LogP contribution is 2.23. The van der Waals surface area contributed by atoms with E-state index in [9.17, 15) is 9.18 Å². The first-order valence-electron chi connectivity index (χ1n) is 7.98. The lowest BCUT2D eigenvalue weighted by molar-refractivity contribution is 0.102. The van der Waals surface area contributed by atoms with Crippen molar-refractivity contribution in [3.63, 3.8) is 0 Å². The van der Waals surface area contributed by atoms with Crippen molar-refractivity contribution in [2.75, 3.05) is 10.6 Å². The second-order valence-corrected chi connectivity index (χ2v) is 6.38. The number of hydrogen-bond donors (Lipinski definition) is 2. The van der Waals surface area contributed by atoms with Crippen molar-refractivity contribution >= 4 is 34.6 Å². The maximum absolute atomic E-state index is 13.2. The number of aryl methyl sites for hydroxylation is 2. The molecule has 1 amide bonds. The number of amides is 1. The third-order valence-corrected chi connectivity index (χ3v) is 4.26. The smallest absolute Gasteiger partial charge is 0.257 e. The van der Waals surface area contributed by atoms with Crippen molar-refractivity contribution in [1.29, 1.82) is 0 Å². The largest absolute Gasteiger partial charge is 0.354 e. The van der Waals surface area contributed by atoms with E-state index in [2.05, 4.69) is 15.6 Å². The Morgan fingerprint density at radius 2 is 1.73 bits per heavy atom. The van der Waals surface area contributed by atoms with Gasteiger partial charge >= 0.3 is 0 Å². The fraction of sp³-hybridized carbons (Fsp3) is 0.100. The number of aromatic nitrogens is 1. The maximum Gasteiger partial charge on any atom is 0.257 e. The maximum atomic E-state index is 13.2. The molecule has 0 bridgehead atoms. The van der Waals surface area contributed by atoms with E-state index in [-0.39, 0.29) is 10.9 Å². The number of carbonyl (C=O) groups is 1. The number of benzene rings is 2. The summed E-state index contributed by atoms with van der Waals surface area (Å²) in [6.45, 7) is 4.01. The molecule has 6 heteroatoms. The molecule has 26 heavy (non-hydrogen) atoms. The molecule has 2 aromatic carbocycles. The number of halogens is 2. The van der Waals surface area contributed by atoms with E-state index in [1.165, 1.54) is 18.3 Å². The SMILES string of the molecule is Cc1ccc(NC(=O)c2cncc(Nc3ccc(F)c(Cl)c3)c2)cc1C. The Morgan fingerprint density at radius 3 is 2.46 bits per heavy atom. The van der Waals surface area contributed by atoms with Gasteiger partial charge in [0, 0.05) is 17.6 Å². The summed E-state index contributed by atoms with van der Waals surface area (Å²) in [6, 6.07) is 11.7. The minimum absolute atomic E-state index is 0.0200. The highest BCUT2D eigenvalue weighted by Gasteiger charge is 2.09. The van der Waals surface area contributed by atoms with Crippen molar-refractivity contribution in [3.05, 3.63) is 82.4 Å². The number of rotatable bonds is 4. The first kappa shape index (κ1) is 17.9. The zero-order valence-corrected chi connectivity index (χ0v) is 15.1. The molecular formula is C20H17ClFN3O. The van der Waals surface area contributed by atoms with Crippen molar-refractivity contribution in [1.82, 2.24) is 4.98 Å². The molecule has 0 aliphatic rings. The van der Waals surface area contributed by atoms with Crippen LogP contribution in [-0.4, -0.2) is 10.9 Å². The molecule has 2 N–H and O–H groups in total. The van der Waals surface area contributed by atoms with Gasteiger partial charge in [-0.15, -0.1) is 0 Å². The van der Waals surface area contributed by atoms with E-state index in [0.29, 0.717) is 16.9 Å². The average Bonchev–Trinajstić information content (AvgIpc) is 2.61. The van der Waals surface area contributed by atoms with Crippen LogP contribution in [0.2, 0.25) is 5.02 Å². The van der Waals surface area contributed by atoms with Crippen LogP contribution in [0.25, 0.3) is 0 Å². The first-order chi connectivity index (χ1) is 12.4. The van der Waals surface area contributed by atoms with E-state index in [0.717, 1.165) is 16.8 Å². The summed E-state index contributed by atoms with van der Waals surface area (Å²) in [7, 11) is 0. The van der Waals surface area contributed by atoms with Crippen molar-refractivity contribution in [2.24, 2.45) is 0 Å². The van der Waals surface area contributed by atoms with E-state index >= 15 is 0 Å². The number of anilines is 3. The van der Waals surface area contributed by atoms with Gasteiger partial charge in [0.2, 0.25) is 0 Å². The lowest BCUT2D eigenvalue weighted by Gasteiger charge is -2.10. The van der Waals surface area contributed by atoms with Gasteiger partial charge in [0.05, 0.1) is 22.5 Å². The molecule has 0 saturated carbocycles. The lowest BCUT2D eigenvalue weighted by Crippen LogP contribution is -2.12. The average molecular weight is 370 g/mol. The van der Waals surface area contributed by atoms with Crippen LogP contribution in [0.15, 0.2) is 54.9 Å². The highest BCUT2D eigenvalue weighted by molar-refractivity contribution is 6.31. The molecule has 4 nitrogen and oxygen atoms in total. The molecule has 0 fully saturated rings. The molecular weight excluding hydrogens is 353 g/mol. The van der Waals surface area contributed by atoms with Gasteiger partial charge in [-0.2, -0.15) is 0 Å². The van der Waals surface area contributed by atoms with Gasteiger partial charge in [-0.25, -0.2) is 4.39 Å². The predicted molar refractivity (Wildman–Crippen MR) is 103 cm³/mol. The molecule has 0 atom stereocenters. The van der Waals surface area contributed by atoms with E-state index in [1.54, 1.807) is 18.3 Å². The molecule has 0 aliphatic carbocycles. The minimum atomic E-state index is -0.489. The summed E-state index contributed by atoms with van der Waals surface area (Å²) >= 11 is 5.78. The molecule has 0 aliphatic heterocycles. The molecule has 1 aromatic heterocycles. The fourth-order valence-corrected chi connectivity index (χ4v) is 2.58. The third-order valence-electron chi connectivity index (χ3n) is 3.97. The van der Waals surface area contributed by atoms with Gasteiger partial charge in [0.1, 0.15) is 5.82 Å². The number of hydrogen-bond acceptors (Lipinski definition) is 3.